The van der Waals surface area contributed by atoms with Crippen molar-refractivity contribution in [2.75, 3.05) is 0 Å². The first-order valence-electron chi connectivity index (χ1n) is 16.4. The Bertz CT molecular complexity index is 2610. The van der Waals surface area contributed by atoms with E-state index >= 15 is 8.78 Å². The minimum atomic E-state index is -5.42. The molecule has 2 aliphatic carbocycles. The Morgan fingerprint density at radius 2 is 0.717 bits per heavy atom. The molecule has 0 aromatic heterocycles. The average molecular weight is 841 g/mol. The largest absolute Gasteiger partial charge is 0.416 e. The van der Waals surface area contributed by atoms with Gasteiger partial charge in [0.15, 0.2) is 0 Å². The second kappa shape index (κ2) is 14.7. The van der Waals surface area contributed by atoms with E-state index in [2.05, 4.69) is 0 Å². The molecule has 0 amide bonds. The molecule has 2 aliphatic rings. The van der Waals surface area contributed by atoms with Crippen LogP contribution >= 0.6 is 0 Å². The van der Waals surface area contributed by atoms with Crippen molar-refractivity contribution in [3.05, 3.63) is 175 Å². The lowest BCUT2D eigenvalue weighted by molar-refractivity contribution is -0.144. The Morgan fingerprint density at radius 1 is 0.417 bits per heavy atom. The molecule has 4 aromatic carbocycles. The Balaban J connectivity index is 1.81. The topological polar surface area (TPSA) is 95.2 Å². The van der Waals surface area contributed by atoms with Crippen LogP contribution < -0.4 is 0 Å². The SMILES string of the molecule is N#C/C(=C1\C(c2cc(C(F)(F)F)cc(C(F)(F)F)c2)=CC2=C1C=C(c1cc(C(F)(F)F)cc(C(F)(F)F)c1)/C2=C(\C#N)c1ccc(C#N)c(F)c1)c1ccc(C#N)c(F)c1. The van der Waals surface area contributed by atoms with Crippen molar-refractivity contribution in [1.82, 2.24) is 0 Å². The zero-order valence-electron chi connectivity index (χ0n) is 29.2. The zero-order valence-corrected chi connectivity index (χ0v) is 29.2. The standard InChI is InChI=1S/C42H14F14N4/c43-35-9-19(1-3-21(35)15-57)33(17-59)37-29(23-5-25(39(45,46)47)11-26(6-23)40(48,49)50)13-32-31(37)14-30(24-7-27(41(51,52)53)12-28(8-24)42(54,55)56)38(32)34(18-60)20-2-4-22(16-58)36(44)10-20/h1-14H/b37-33-,38-34-. The van der Waals surface area contributed by atoms with Crippen LogP contribution in [0.2, 0.25) is 0 Å². The van der Waals surface area contributed by atoms with Gasteiger partial charge in [-0.1, -0.05) is 12.1 Å². The fraction of sp³-hybridized carbons (Fsp3) is 0.0952. The van der Waals surface area contributed by atoms with Crippen LogP contribution in [0.3, 0.4) is 0 Å². The van der Waals surface area contributed by atoms with E-state index in [0.29, 0.717) is 12.1 Å². The second-order valence-electron chi connectivity index (χ2n) is 12.9. The maximum atomic E-state index is 15.0. The third-order valence-electron chi connectivity index (χ3n) is 9.22. The van der Waals surface area contributed by atoms with Gasteiger partial charge in [0.1, 0.15) is 35.9 Å². The molecule has 4 nitrogen and oxygen atoms in total. The highest BCUT2D eigenvalue weighted by Gasteiger charge is 2.42. The van der Waals surface area contributed by atoms with Gasteiger partial charge in [-0.05, 0) is 117 Å². The van der Waals surface area contributed by atoms with Gasteiger partial charge < -0.3 is 0 Å². The lowest BCUT2D eigenvalue weighted by Gasteiger charge is -2.19. The number of halogens is 14. The predicted molar refractivity (Wildman–Crippen MR) is 183 cm³/mol. The van der Waals surface area contributed by atoms with E-state index in [-0.39, 0.29) is 36.4 Å². The molecule has 60 heavy (non-hydrogen) atoms. The zero-order chi connectivity index (χ0) is 44.3. The molecule has 0 atom stereocenters. The van der Waals surface area contributed by atoms with E-state index in [1.165, 1.54) is 12.1 Å². The van der Waals surface area contributed by atoms with Gasteiger partial charge in [-0.25, -0.2) is 8.78 Å². The highest BCUT2D eigenvalue weighted by molar-refractivity contribution is 6.12. The van der Waals surface area contributed by atoms with Crippen LogP contribution in [-0.4, -0.2) is 0 Å². The first-order valence-corrected chi connectivity index (χ1v) is 16.4. The lowest BCUT2D eigenvalue weighted by Crippen LogP contribution is -2.12. The van der Waals surface area contributed by atoms with Crippen LogP contribution in [0.1, 0.15) is 55.6 Å². The number of nitrogens with zero attached hydrogens (tertiary/aromatic N) is 4. The number of benzene rings is 4. The summed E-state index contributed by atoms with van der Waals surface area (Å²) in [5, 5.41) is 39.5. The minimum absolute atomic E-state index is 0.215. The van der Waals surface area contributed by atoms with Crippen LogP contribution in [0.15, 0.2) is 107 Å². The average Bonchev–Trinajstić information content (AvgIpc) is 3.71. The molecule has 4 aromatic rings. The second-order valence-corrected chi connectivity index (χ2v) is 12.9. The molecule has 0 N–H and O–H groups in total. The summed E-state index contributed by atoms with van der Waals surface area (Å²) in [5.74, 6) is -2.50. The first kappa shape index (κ1) is 42.2. The summed E-state index contributed by atoms with van der Waals surface area (Å²) in [6, 6.07) is 11.9. The number of hydrogen-bond acceptors (Lipinski definition) is 4. The first-order chi connectivity index (χ1) is 27.9. The van der Waals surface area contributed by atoms with Gasteiger partial charge in [-0.3, -0.25) is 0 Å². The Morgan fingerprint density at radius 3 is 0.950 bits per heavy atom. The van der Waals surface area contributed by atoms with Crippen molar-refractivity contribution in [3.8, 4) is 24.3 Å². The van der Waals surface area contributed by atoms with Crippen molar-refractivity contribution in [2.45, 2.75) is 24.7 Å². The van der Waals surface area contributed by atoms with Gasteiger partial charge in [-0.2, -0.15) is 73.7 Å². The highest BCUT2D eigenvalue weighted by atomic mass is 19.4. The number of alkyl halides is 12. The monoisotopic (exact) mass is 840 g/mol. The molecule has 0 unspecified atom stereocenters. The van der Waals surface area contributed by atoms with Crippen LogP contribution in [0, 0.1) is 57.0 Å². The number of allylic oxidation sites excluding steroid dienone is 10. The molecule has 0 fully saturated rings. The van der Waals surface area contributed by atoms with Crippen LogP contribution in [0.4, 0.5) is 61.5 Å². The smallest absolute Gasteiger partial charge is 0.206 e. The van der Waals surface area contributed by atoms with Gasteiger partial charge in [-0.15, -0.1) is 0 Å². The van der Waals surface area contributed by atoms with Crippen LogP contribution in [0.25, 0.3) is 22.3 Å². The minimum Gasteiger partial charge on any atom is -0.206 e. The van der Waals surface area contributed by atoms with E-state index in [1.807, 2.05) is 0 Å². The molecule has 300 valence electrons. The third-order valence-corrected chi connectivity index (χ3v) is 9.22. The van der Waals surface area contributed by atoms with Crippen molar-refractivity contribution in [1.29, 1.82) is 21.0 Å². The molecule has 0 heterocycles. The van der Waals surface area contributed by atoms with E-state index in [0.717, 1.165) is 36.4 Å². The fourth-order valence-electron chi connectivity index (χ4n) is 6.56. The molecule has 18 heteroatoms. The number of nitriles is 4. The Hall–Kier alpha value is -7.44. The Labute approximate surface area is 328 Å². The lowest BCUT2D eigenvalue weighted by atomic mass is 9.86. The van der Waals surface area contributed by atoms with Crippen molar-refractivity contribution in [3.63, 3.8) is 0 Å². The fourth-order valence-corrected chi connectivity index (χ4v) is 6.56. The molecular formula is C42H14F14N4. The van der Waals surface area contributed by atoms with Gasteiger partial charge in [0.25, 0.3) is 0 Å². The van der Waals surface area contributed by atoms with Crippen LogP contribution in [0.5, 0.6) is 0 Å². The summed E-state index contributed by atoms with van der Waals surface area (Å²) in [6.07, 6.45) is -20.0. The highest BCUT2D eigenvalue weighted by Crippen LogP contribution is 2.55. The van der Waals surface area contributed by atoms with E-state index in [4.69, 9.17) is 0 Å². The van der Waals surface area contributed by atoms with Crippen LogP contribution in [-0.2, 0) is 24.7 Å². The molecule has 0 saturated heterocycles. The van der Waals surface area contributed by atoms with E-state index < -0.39 is 137 Å². The van der Waals surface area contributed by atoms with Crippen molar-refractivity contribution in [2.24, 2.45) is 0 Å². The molecule has 6 rings (SSSR count). The normalized spacial score (nSPS) is 16.0. The number of rotatable bonds is 4. The third kappa shape index (κ3) is 7.75. The van der Waals surface area contributed by atoms with Gasteiger partial charge in [0, 0.05) is 11.1 Å². The summed E-state index contributed by atoms with van der Waals surface area (Å²) in [4.78, 5) is 0. The predicted octanol–water partition coefficient (Wildman–Crippen LogP) is 12.5. The van der Waals surface area contributed by atoms with E-state index in [9.17, 15) is 73.7 Å². The summed E-state index contributed by atoms with van der Waals surface area (Å²) < 4.78 is 199. The van der Waals surface area contributed by atoms with Crippen molar-refractivity contribution >= 4 is 22.3 Å². The van der Waals surface area contributed by atoms with Crippen molar-refractivity contribution < 1.29 is 61.5 Å². The quantitative estimate of drug-likeness (QED) is 0.151. The molecule has 0 saturated carbocycles. The maximum absolute atomic E-state index is 15.0. The molecule has 0 spiro atoms. The van der Waals surface area contributed by atoms with Gasteiger partial charge in [0.05, 0.1) is 44.5 Å². The van der Waals surface area contributed by atoms with Gasteiger partial charge >= 0.3 is 24.7 Å². The summed E-state index contributed by atoms with van der Waals surface area (Å²) in [6.45, 7) is 0. The summed E-state index contributed by atoms with van der Waals surface area (Å²) in [7, 11) is 0. The van der Waals surface area contributed by atoms with Gasteiger partial charge in [0.2, 0.25) is 0 Å². The molecule has 0 radical (unpaired) electrons. The summed E-state index contributed by atoms with van der Waals surface area (Å²) >= 11 is 0. The van der Waals surface area contributed by atoms with E-state index in [1.54, 1.807) is 12.1 Å². The molecular weight excluding hydrogens is 826 g/mol. The Kier molecular flexibility index (Phi) is 10.4. The molecule has 0 bridgehead atoms. The number of hydrogen-bond donors (Lipinski definition) is 0. The maximum Gasteiger partial charge on any atom is 0.416 e. The molecule has 0 aliphatic heterocycles. The summed E-state index contributed by atoms with van der Waals surface area (Å²) in [5.41, 5.74) is -16.1.